The molecule has 0 aliphatic rings. The van der Waals surface area contributed by atoms with Gasteiger partial charge in [0.1, 0.15) is 0 Å². The minimum atomic E-state index is -4.67. The Kier molecular flexibility index (Phi) is 23.5. The van der Waals surface area contributed by atoms with Crippen molar-refractivity contribution in [3.63, 3.8) is 0 Å². The molecule has 0 amide bonds. The fourth-order valence-electron chi connectivity index (χ4n) is 1.62. The number of rotatable bonds is 17. The summed E-state index contributed by atoms with van der Waals surface area (Å²) >= 11 is 0. The van der Waals surface area contributed by atoms with Gasteiger partial charge in [-0.25, -0.2) is 16.8 Å². The predicted molar refractivity (Wildman–Crippen MR) is 84.4 cm³/mol. The molecular weight excluding hydrogens is 446 g/mol. The molecule has 0 fully saturated rings. The SMILES string of the molecule is O=S(=O)([O-])CC(O)COC(COCCOCCOCCO)CS(=O)(=O)[O-].[Na+].[Na+]. The molecule has 0 bridgehead atoms. The zero-order chi connectivity index (χ0) is 20.1. The molecule has 0 saturated carbocycles. The summed E-state index contributed by atoms with van der Waals surface area (Å²) in [6.07, 6.45) is -2.90. The van der Waals surface area contributed by atoms with Crippen LogP contribution in [0.3, 0.4) is 0 Å². The van der Waals surface area contributed by atoms with Crippen LogP contribution in [0.15, 0.2) is 0 Å². The van der Waals surface area contributed by atoms with Gasteiger partial charge in [0.05, 0.1) is 96.8 Å². The molecule has 0 radical (unpaired) electrons. The largest absolute Gasteiger partial charge is 1.00 e. The van der Waals surface area contributed by atoms with E-state index in [2.05, 4.69) is 0 Å². The second-order valence-corrected chi connectivity index (χ2v) is 7.98. The molecular formula is C12H24Na2O12S2. The molecule has 0 aliphatic heterocycles. The second kappa shape index (κ2) is 19.3. The first-order valence-corrected chi connectivity index (χ1v) is 10.7. The molecule has 0 heterocycles. The van der Waals surface area contributed by atoms with Crippen molar-refractivity contribution in [3.05, 3.63) is 0 Å². The molecule has 0 aromatic rings. The normalized spacial score (nSPS) is 14.0. The van der Waals surface area contributed by atoms with Crippen LogP contribution in [-0.4, -0.2) is 113 Å². The summed E-state index contributed by atoms with van der Waals surface area (Å²) < 4.78 is 84.1. The van der Waals surface area contributed by atoms with Crippen molar-refractivity contribution in [1.29, 1.82) is 0 Å². The van der Waals surface area contributed by atoms with Crippen molar-refractivity contribution < 1.29 is 114 Å². The third kappa shape index (κ3) is 25.6. The Hall–Kier alpha value is 1.58. The van der Waals surface area contributed by atoms with Gasteiger partial charge < -0.3 is 38.3 Å². The van der Waals surface area contributed by atoms with Crippen molar-refractivity contribution in [2.45, 2.75) is 12.2 Å². The molecule has 0 aromatic carbocycles. The van der Waals surface area contributed by atoms with Crippen LogP contribution < -0.4 is 59.1 Å². The van der Waals surface area contributed by atoms with Gasteiger partial charge in [0, 0.05) is 0 Å². The van der Waals surface area contributed by atoms with Crippen LogP contribution in [0.25, 0.3) is 0 Å². The number of ether oxygens (including phenoxy) is 4. The summed E-state index contributed by atoms with van der Waals surface area (Å²) in [7, 11) is -9.33. The molecule has 0 spiro atoms. The van der Waals surface area contributed by atoms with Crippen LogP contribution in [0.4, 0.5) is 0 Å². The minimum absolute atomic E-state index is 0. The van der Waals surface area contributed by atoms with Gasteiger partial charge in [-0.05, 0) is 0 Å². The molecule has 28 heavy (non-hydrogen) atoms. The van der Waals surface area contributed by atoms with Crippen molar-refractivity contribution in [2.75, 3.05) is 64.4 Å². The molecule has 2 atom stereocenters. The standard InChI is InChI=1S/C12H26O12S2.2Na/c13-1-2-21-3-4-22-5-6-23-8-12(10-26(18,19)20)24-7-11(14)9-25(15,16)17;;/h11-14H,1-10H2,(H,15,16,17)(H,18,19,20);;/q;2*+1/p-2. The van der Waals surface area contributed by atoms with E-state index in [9.17, 15) is 31.0 Å². The zero-order valence-electron chi connectivity index (χ0n) is 16.0. The average Bonchev–Trinajstić information content (AvgIpc) is 2.47. The Balaban J connectivity index is -0.00000312. The van der Waals surface area contributed by atoms with Crippen LogP contribution in [-0.2, 0) is 39.2 Å². The van der Waals surface area contributed by atoms with Crippen LogP contribution >= 0.6 is 0 Å². The van der Waals surface area contributed by atoms with Crippen LogP contribution in [0.2, 0.25) is 0 Å². The summed E-state index contributed by atoms with van der Waals surface area (Å²) in [5.74, 6) is -2.05. The second-order valence-electron chi connectivity index (χ2n) is 5.08. The van der Waals surface area contributed by atoms with E-state index < -0.39 is 50.6 Å². The fraction of sp³-hybridized carbons (Fsp3) is 1.00. The van der Waals surface area contributed by atoms with E-state index in [-0.39, 0.29) is 105 Å². The topological polar surface area (TPSA) is 192 Å². The summed E-state index contributed by atoms with van der Waals surface area (Å²) in [4.78, 5) is 0. The Bertz CT molecular complexity index is 557. The maximum Gasteiger partial charge on any atom is 1.00 e. The summed E-state index contributed by atoms with van der Waals surface area (Å²) in [6, 6.07) is 0. The third-order valence-corrected chi connectivity index (χ3v) is 4.17. The average molecular weight is 470 g/mol. The van der Waals surface area contributed by atoms with Crippen molar-refractivity contribution in [1.82, 2.24) is 0 Å². The quantitative estimate of drug-likeness (QED) is 0.116. The molecule has 12 nitrogen and oxygen atoms in total. The first-order chi connectivity index (χ1) is 12.0. The van der Waals surface area contributed by atoms with E-state index in [0.717, 1.165) is 0 Å². The molecule has 0 rings (SSSR count). The molecule has 0 aromatic heterocycles. The van der Waals surface area contributed by atoms with E-state index in [1.54, 1.807) is 0 Å². The van der Waals surface area contributed by atoms with Gasteiger partial charge in [-0.15, -0.1) is 0 Å². The van der Waals surface area contributed by atoms with Gasteiger partial charge in [0.15, 0.2) is 0 Å². The molecule has 16 heteroatoms. The number of hydrogen-bond acceptors (Lipinski definition) is 12. The first kappa shape index (κ1) is 34.2. The predicted octanol–water partition coefficient (Wildman–Crippen LogP) is -9.13. The summed E-state index contributed by atoms with van der Waals surface area (Å²) in [6.45, 7) is -0.126. The van der Waals surface area contributed by atoms with Crippen LogP contribution in [0.5, 0.6) is 0 Å². The third-order valence-electron chi connectivity index (χ3n) is 2.59. The molecule has 2 unspecified atom stereocenters. The fourth-order valence-corrected chi connectivity index (χ4v) is 2.84. The van der Waals surface area contributed by atoms with Crippen LogP contribution in [0.1, 0.15) is 0 Å². The number of hydrogen-bond donors (Lipinski definition) is 2. The molecule has 0 saturated heterocycles. The van der Waals surface area contributed by atoms with E-state index in [4.69, 9.17) is 24.1 Å². The number of aliphatic hydroxyl groups excluding tert-OH is 2. The van der Waals surface area contributed by atoms with E-state index in [1.165, 1.54) is 0 Å². The van der Waals surface area contributed by atoms with Gasteiger partial charge in [0.2, 0.25) is 0 Å². The van der Waals surface area contributed by atoms with E-state index in [0.29, 0.717) is 0 Å². The Morgan fingerprint density at radius 1 is 0.750 bits per heavy atom. The van der Waals surface area contributed by atoms with Crippen molar-refractivity contribution in [2.24, 2.45) is 0 Å². The Morgan fingerprint density at radius 2 is 1.21 bits per heavy atom. The maximum atomic E-state index is 10.8. The van der Waals surface area contributed by atoms with Crippen molar-refractivity contribution in [3.8, 4) is 0 Å². The van der Waals surface area contributed by atoms with Gasteiger partial charge in [-0.3, -0.25) is 0 Å². The van der Waals surface area contributed by atoms with Gasteiger partial charge in [-0.1, -0.05) is 0 Å². The Labute approximate surface area is 209 Å². The summed E-state index contributed by atoms with van der Waals surface area (Å²) in [5.41, 5.74) is 0. The Morgan fingerprint density at radius 3 is 1.68 bits per heavy atom. The molecule has 0 aliphatic carbocycles. The van der Waals surface area contributed by atoms with E-state index in [1.807, 2.05) is 0 Å². The number of aliphatic hydroxyl groups is 2. The molecule has 2 N–H and O–H groups in total. The summed E-state index contributed by atoms with van der Waals surface area (Å²) in [5, 5.41) is 17.8. The first-order valence-electron chi connectivity index (χ1n) is 7.54. The van der Waals surface area contributed by atoms with E-state index >= 15 is 0 Å². The smallest absolute Gasteiger partial charge is 0.748 e. The van der Waals surface area contributed by atoms with Gasteiger partial charge in [0.25, 0.3) is 0 Å². The van der Waals surface area contributed by atoms with Crippen LogP contribution in [0, 0.1) is 0 Å². The van der Waals surface area contributed by atoms with Gasteiger partial charge in [-0.2, -0.15) is 0 Å². The zero-order valence-corrected chi connectivity index (χ0v) is 21.7. The minimum Gasteiger partial charge on any atom is -0.748 e. The maximum absolute atomic E-state index is 10.8. The molecule has 158 valence electrons. The van der Waals surface area contributed by atoms with Gasteiger partial charge >= 0.3 is 59.1 Å². The van der Waals surface area contributed by atoms with Crippen molar-refractivity contribution >= 4 is 20.2 Å². The monoisotopic (exact) mass is 470 g/mol.